The van der Waals surface area contributed by atoms with Crippen LogP contribution in [0.25, 0.3) is 22.6 Å². The van der Waals surface area contributed by atoms with Crippen LogP contribution in [0.2, 0.25) is 5.02 Å². The Balaban J connectivity index is 2.20. The van der Waals surface area contributed by atoms with E-state index in [1.165, 1.54) is 12.1 Å². The van der Waals surface area contributed by atoms with Crippen LogP contribution in [-0.2, 0) is 6.61 Å². The fourth-order valence-corrected chi connectivity index (χ4v) is 2.43. The molecule has 22 heavy (non-hydrogen) atoms. The summed E-state index contributed by atoms with van der Waals surface area (Å²) in [4.78, 5) is 0. The molecule has 0 atom stereocenters. The van der Waals surface area contributed by atoms with Gasteiger partial charge in [-0.25, -0.2) is 8.78 Å². The largest absolute Gasteiger partial charge is 0.391 e. The topological polar surface area (TPSA) is 46.3 Å². The van der Waals surface area contributed by atoms with Gasteiger partial charge in [0.2, 0.25) is 0 Å². The summed E-state index contributed by atoms with van der Waals surface area (Å²) in [5, 5.41) is 13.8. The van der Waals surface area contributed by atoms with Crippen molar-refractivity contribution in [1.29, 1.82) is 0 Å². The molecule has 0 radical (unpaired) electrons. The summed E-state index contributed by atoms with van der Waals surface area (Å²) < 4.78 is 32.5. The zero-order valence-corrected chi connectivity index (χ0v) is 11.9. The molecule has 0 fully saturated rings. The number of nitrogens with zero attached hydrogens (tertiary/aromatic N) is 1. The van der Waals surface area contributed by atoms with Crippen LogP contribution in [0.4, 0.5) is 8.78 Å². The van der Waals surface area contributed by atoms with Crippen LogP contribution in [0.5, 0.6) is 0 Å². The van der Waals surface area contributed by atoms with Gasteiger partial charge in [-0.3, -0.25) is 0 Å². The Bertz CT molecular complexity index is 833. The Morgan fingerprint density at radius 2 is 1.77 bits per heavy atom. The zero-order valence-electron chi connectivity index (χ0n) is 11.2. The van der Waals surface area contributed by atoms with Crippen molar-refractivity contribution in [1.82, 2.24) is 5.16 Å². The SMILES string of the molecule is OCc1c(-c2cccc(F)c2F)noc1-c1ccccc1Cl. The van der Waals surface area contributed by atoms with Gasteiger partial charge in [0.15, 0.2) is 17.4 Å². The van der Waals surface area contributed by atoms with Crippen molar-refractivity contribution < 1.29 is 18.4 Å². The molecule has 3 aromatic rings. The summed E-state index contributed by atoms with van der Waals surface area (Å²) in [5.74, 6) is -1.81. The smallest absolute Gasteiger partial charge is 0.174 e. The lowest BCUT2D eigenvalue weighted by molar-refractivity contribution is 0.281. The zero-order chi connectivity index (χ0) is 15.7. The third-order valence-corrected chi connectivity index (χ3v) is 3.60. The molecule has 0 saturated heterocycles. The first kappa shape index (κ1) is 14.7. The molecule has 3 rings (SSSR count). The van der Waals surface area contributed by atoms with Crippen molar-refractivity contribution in [2.24, 2.45) is 0 Å². The van der Waals surface area contributed by atoms with E-state index in [0.29, 0.717) is 10.6 Å². The molecule has 6 heteroatoms. The van der Waals surface area contributed by atoms with Crippen molar-refractivity contribution in [2.75, 3.05) is 0 Å². The van der Waals surface area contributed by atoms with E-state index in [1.54, 1.807) is 24.3 Å². The van der Waals surface area contributed by atoms with E-state index < -0.39 is 18.2 Å². The van der Waals surface area contributed by atoms with Gasteiger partial charge in [0.1, 0.15) is 5.69 Å². The van der Waals surface area contributed by atoms with Gasteiger partial charge in [-0.15, -0.1) is 0 Å². The van der Waals surface area contributed by atoms with E-state index in [9.17, 15) is 13.9 Å². The van der Waals surface area contributed by atoms with Crippen LogP contribution < -0.4 is 0 Å². The highest BCUT2D eigenvalue weighted by Crippen LogP contribution is 2.36. The van der Waals surface area contributed by atoms with Crippen LogP contribution in [0.1, 0.15) is 5.56 Å². The summed E-state index contributed by atoms with van der Waals surface area (Å²) in [6.07, 6.45) is 0. The molecular weight excluding hydrogens is 312 g/mol. The van der Waals surface area contributed by atoms with Crippen LogP contribution >= 0.6 is 11.6 Å². The molecule has 0 bridgehead atoms. The van der Waals surface area contributed by atoms with Crippen molar-refractivity contribution in [3.63, 3.8) is 0 Å². The fourth-order valence-electron chi connectivity index (χ4n) is 2.21. The Morgan fingerprint density at radius 1 is 1.05 bits per heavy atom. The first-order valence-electron chi connectivity index (χ1n) is 6.42. The summed E-state index contributed by atoms with van der Waals surface area (Å²) in [7, 11) is 0. The molecule has 0 amide bonds. The van der Waals surface area contributed by atoms with Gasteiger partial charge in [0.05, 0.1) is 17.2 Å². The second-order valence-corrected chi connectivity index (χ2v) is 4.99. The van der Waals surface area contributed by atoms with Crippen molar-refractivity contribution in [2.45, 2.75) is 6.61 Å². The van der Waals surface area contributed by atoms with Crippen molar-refractivity contribution in [3.8, 4) is 22.6 Å². The molecular formula is C16H10ClF2NO2. The molecule has 1 heterocycles. The average Bonchev–Trinajstić information content (AvgIpc) is 2.94. The third-order valence-electron chi connectivity index (χ3n) is 3.27. The number of rotatable bonds is 3. The van der Waals surface area contributed by atoms with E-state index in [-0.39, 0.29) is 22.6 Å². The summed E-state index contributed by atoms with van der Waals surface area (Å²) in [5.41, 5.74) is 0.738. The minimum atomic E-state index is -1.05. The van der Waals surface area contributed by atoms with Crippen molar-refractivity contribution in [3.05, 3.63) is 64.7 Å². The lowest BCUT2D eigenvalue weighted by atomic mass is 10.0. The highest BCUT2D eigenvalue weighted by molar-refractivity contribution is 6.33. The number of aliphatic hydroxyl groups is 1. The first-order valence-corrected chi connectivity index (χ1v) is 6.80. The highest BCUT2D eigenvalue weighted by Gasteiger charge is 2.22. The van der Waals surface area contributed by atoms with E-state index in [2.05, 4.69) is 5.16 Å². The second-order valence-electron chi connectivity index (χ2n) is 4.58. The molecule has 0 spiro atoms. The standard InChI is InChI=1S/C16H10ClF2NO2/c17-12-6-2-1-4-9(12)16-11(8-21)15(20-22-16)10-5-3-7-13(18)14(10)19/h1-7,21H,8H2. The molecule has 112 valence electrons. The van der Waals surface area contributed by atoms with Gasteiger partial charge in [-0.1, -0.05) is 35.0 Å². The van der Waals surface area contributed by atoms with E-state index >= 15 is 0 Å². The predicted molar refractivity (Wildman–Crippen MR) is 78.2 cm³/mol. The maximum atomic E-state index is 13.9. The quantitative estimate of drug-likeness (QED) is 0.776. The predicted octanol–water partition coefficient (Wildman–Crippen LogP) is 4.43. The Hall–Kier alpha value is -2.24. The number of hydrogen-bond acceptors (Lipinski definition) is 3. The maximum absolute atomic E-state index is 13.9. The second kappa shape index (κ2) is 5.87. The molecule has 2 aromatic carbocycles. The van der Waals surface area contributed by atoms with Crippen LogP contribution in [0.3, 0.4) is 0 Å². The number of hydrogen-bond donors (Lipinski definition) is 1. The summed E-state index contributed by atoms with van der Waals surface area (Å²) >= 11 is 6.10. The van der Waals surface area contributed by atoms with E-state index in [1.807, 2.05) is 0 Å². The average molecular weight is 322 g/mol. The molecule has 1 aromatic heterocycles. The Kier molecular flexibility index (Phi) is 3.92. The van der Waals surface area contributed by atoms with E-state index in [0.717, 1.165) is 6.07 Å². The third kappa shape index (κ3) is 2.38. The minimum absolute atomic E-state index is 0.0504. The number of aliphatic hydroxyl groups excluding tert-OH is 1. The molecule has 0 unspecified atom stereocenters. The lowest BCUT2D eigenvalue weighted by Gasteiger charge is -2.04. The lowest BCUT2D eigenvalue weighted by Crippen LogP contribution is -1.94. The minimum Gasteiger partial charge on any atom is -0.391 e. The molecule has 1 N–H and O–H groups in total. The van der Waals surface area contributed by atoms with Gasteiger partial charge in [0, 0.05) is 11.1 Å². The van der Waals surface area contributed by atoms with Gasteiger partial charge in [-0.05, 0) is 24.3 Å². The Labute approximate surface area is 129 Å². The highest BCUT2D eigenvalue weighted by atomic mass is 35.5. The van der Waals surface area contributed by atoms with Crippen LogP contribution in [0.15, 0.2) is 47.0 Å². The van der Waals surface area contributed by atoms with Crippen LogP contribution in [-0.4, -0.2) is 10.3 Å². The number of benzene rings is 2. The summed E-state index contributed by atoms with van der Waals surface area (Å²) in [6, 6.07) is 10.6. The normalized spacial score (nSPS) is 10.9. The van der Waals surface area contributed by atoms with Crippen molar-refractivity contribution >= 4 is 11.6 Å². The molecule has 0 saturated carbocycles. The molecule has 0 aliphatic rings. The number of aromatic nitrogens is 1. The van der Waals surface area contributed by atoms with E-state index in [4.69, 9.17) is 16.1 Å². The molecule has 3 nitrogen and oxygen atoms in total. The summed E-state index contributed by atoms with van der Waals surface area (Å²) in [6.45, 7) is -0.449. The molecule has 0 aliphatic carbocycles. The van der Waals surface area contributed by atoms with Gasteiger partial charge in [-0.2, -0.15) is 0 Å². The fraction of sp³-hybridized carbons (Fsp3) is 0.0625. The number of halogens is 3. The van der Waals surface area contributed by atoms with Gasteiger partial charge < -0.3 is 9.63 Å². The first-order chi connectivity index (χ1) is 10.6. The van der Waals surface area contributed by atoms with Crippen LogP contribution in [0, 0.1) is 11.6 Å². The van der Waals surface area contributed by atoms with Gasteiger partial charge in [0.25, 0.3) is 0 Å². The monoisotopic (exact) mass is 321 g/mol. The maximum Gasteiger partial charge on any atom is 0.174 e. The van der Waals surface area contributed by atoms with Gasteiger partial charge >= 0.3 is 0 Å². The Morgan fingerprint density at radius 3 is 2.50 bits per heavy atom. The molecule has 0 aliphatic heterocycles.